The van der Waals surface area contributed by atoms with Gasteiger partial charge in [0.05, 0.1) is 12.8 Å². The van der Waals surface area contributed by atoms with Gasteiger partial charge >= 0.3 is 0 Å². The second kappa shape index (κ2) is 10.3. The number of methoxy groups -OCH3 is 1. The number of anilines is 2. The molecule has 33 heavy (non-hydrogen) atoms. The fourth-order valence-electron chi connectivity index (χ4n) is 4.07. The third-order valence-corrected chi connectivity index (χ3v) is 5.84. The third kappa shape index (κ3) is 5.41. The lowest BCUT2D eigenvalue weighted by molar-refractivity contribution is -0.118. The molecule has 6 heteroatoms. The maximum atomic E-state index is 13.3. The van der Waals surface area contributed by atoms with Gasteiger partial charge in [0.2, 0.25) is 11.8 Å². The van der Waals surface area contributed by atoms with Crippen molar-refractivity contribution >= 4 is 23.2 Å². The molecule has 1 fully saturated rings. The molecule has 2 amide bonds. The van der Waals surface area contributed by atoms with Crippen LogP contribution in [0.25, 0.3) is 0 Å². The van der Waals surface area contributed by atoms with Crippen LogP contribution in [-0.4, -0.2) is 25.5 Å². The van der Waals surface area contributed by atoms with Gasteiger partial charge in [0.15, 0.2) is 0 Å². The Balaban J connectivity index is 1.49. The van der Waals surface area contributed by atoms with E-state index in [9.17, 15) is 9.59 Å². The van der Waals surface area contributed by atoms with Crippen LogP contribution in [0.4, 0.5) is 11.4 Å². The van der Waals surface area contributed by atoms with Gasteiger partial charge in [-0.25, -0.2) is 0 Å². The minimum absolute atomic E-state index is 0.163. The Morgan fingerprint density at radius 2 is 1.82 bits per heavy atom. The molecule has 4 rings (SSSR count). The third-order valence-electron chi connectivity index (χ3n) is 5.84. The first-order chi connectivity index (χ1) is 16.0. The topological polar surface area (TPSA) is 70.7 Å². The molecule has 1 aliphatic rings. The van der Waals surface area contributed by atoms with Gasteiger partial charge in [-0.1, -0.05) is 48.5 Å². The molecule has 0 bridgehead atoms. The number of hydrogen-bond donors (Lipinski definition) is 2. The summed E-state index contributed by atoms with van der Waals surface area (Å²) in [6.07, 6.45) is 1.52. The van der Waals surface area contributed by atoms with Gasteiger partial charge in [-0.3, -0.25) is 14.9 Å². The number of hydrogen-bond acceptors (Lipinski definition) is 4. The van der Waals surface area contributed by atoms with Crippen molar-refractivity contribution in [3.05, 3.63) is 89.5 Å². The monoisotopic (exact) mass is 443 g/mol. The molecule has 1 saturated heterocycles. The van der Waals surface area contributed by atoms with E-state index in [0.29, 0.717) is 24.4 Å². The lowest BCUT2D eigenvalue weighted by atomic mass is 10.0. The first-order valence-electron chi connectivity index (χ1n) is 11.2. The van der Waals surface area contributed by atoms with E-state index in [2.05, 4.69) is 10.6 Å². The first kappa shape index (κ1) is 22.6. The smallest absolute Gasteiger partial charge is 0.246 e. The molecule has 0 saturated carbocycles. The second-order valence-corrected chi connectivity index (χ2v) is 8.23. The average Bonchev–Trinajstić information content (AvgIpc) is 3.26. The number of amides is 2. The number of carbonyl (C=O) groups excluding carboxylic acids is 2. The fourth-order valence-corrected chi connectivity index (χ4v) is 4.07. The van der Waals surface area contributed by atoms with Crippen molar-refractivity contribution in [2.45, 2.75) is 32.4 Å². The Hall–Kier alpha value is -3.64. The SMILES string of the molecule is COc1ccc(C)cc1NC(=O)[C@@H](NCc1ccc(N2CCCC2=O)cc1)c1ccccc1. The lowest BCUT2D eigenvalue weighted by Crippen LogP contribution is -2.33. The number of benzene rings is 3. The van der Waals surface area contributed by atoms with Crippen LogP contribution in [0.15, 0.2) is 72.8 Å². The number of carbonyl (C=O) groups is 2. The summed E-state index contributed by atoms with van der Waals surface area (Å²) < 4.78 is 5.41. The van der Waals surface area contributed by atoms with Gasteiger partial charge in [-0.2, -0.15) is 0 Å². The molecule has 1 heterocycles. The summed E-state index contributed by atoms with van der Waals surface area (Å²) in [5.41, 5.74) is 4.51. The summed E-state index contributed by atoms with van der Waals surface area (Å²) in [5, 5.41) is 6.41. The lowest BCUT2D eigenvalue weighted by Gasteiger charge is -2.21. The maximum absolute atomic E-state index is 13.3. The summed E-state index contributed by atoms with van der Waals surface area (Å²) in [6.45, 7) is 3.25. The van der Waals surface area contributed by atoms with Crippen LogP contribution in [0, 0.1) is 6.92 Å². The normalized spacial score (nSPS) is 14.2. The second-order valence-electron chi connectivity index (χ2n) is 8.23. The number of ether oxygens (including phenoxy) is 1. The summed E-state index contributed by atoms with van der Waals surface area (Å²) in [4.78, 5) is 27.1. The highest BCUT2D eigenvalue weighted by atomic mass is 16.5. The van der Waals surface area contributed by atoms with Crippen molar-refractivity contribution in [1.29, 1.82) is 0 Å². The van der Waals surface area contributed by atoms with Crippen LogP contribution >= 0.6 is 0 Å². The maximum Gasteiger partial charge on any atom is 0.246 e. The zero-order chi connectivity index (χ0) is 23.2. The van der Waals surface area contributed by atoms with Crippen LogP contribution in [0.3, 0.4) is 0 Å². The Morgan fingerprint density at radius 3 is 2.48 bits per heavy atom. The van der Waals surface area contributed by atoms with Crippen LogP contribution in [0.2, 0.25) is 0 Å². The molecule has 6 nitrogen and oxygen atoms in total. The van der Waals surface area contributed by atoms with E-state index in [1.165, 1.54) is 0 Å². The first-order valence-corrected chi connectivity index (χ1v) is 11.2. The van der Waals surface area contributed by atoms with Gasteiger partial charge in [-0.05, 0) is 54.3 Å². The minimum Gasteiger partial charge on any atom is -0.495 e. The highest BCUT2D eigenvalue weighted by Crippen LogP contribution is 2.27. The van der Waals surface area contributed by atoms with Crippen molar-refractivity contribution in [3.8, 4) is 5.75 Å². The Labute approximate surface area is 194 Å². The molecule has 0 aliphatic carbocycles. The van der Waals surface area contributed by atoms with Gasteiger partial charge in [0.25, 0.3) is 0 Å². The number of rotatable bonds is 8. The van der Waals surface area contributed by atoms with E-state index < -0.39 is 6.04 Å². The average molecular weight is 444 g/mol. The van der Waals surface area contributed by atoms with Crippen molar-refractivity contribution in [1.82, 2.24) is 5.32 Å². The molecule has 0 aromatic heterocycles. The van der Waals surface area contributed by atoms with Gasteiger partial charge < -0.3 is 15.0 Å². The van der Waals surface area contributed by atoms with Crippen LogP contribution in [-0.2, 0) is 16.1 Å². The molecule has 3 aromatic rings. The summed E-state index contributed by atoms with van der Waals surface area (Å²) in [5.74, 6) is 0.630. The molecular formula is C27H29N3O3. The predicted molar refractivity (Wildman–Crippen MR) is 130 cm³/mol. The van der Waals surface area contributed by atoms with Crippen molar-refractivity contribution in [3.63, 3.8) is 0 Å². The van der Waals surface area contributed by atoms with Gasteiger partial charge in [0, 0.05) is 25.2 Å². The van der Waals surface area contributed by atoms with E-state index in [1.807, 2.05) is 84.6 Å². The number of nitrogens with one attached hydrogen (secondary N) is 2. The summed E-state index contributed by atoms with van der Waals surface area (Å²) in [7, 11) is 1.59. The Morgan fingerprint density at radius 1 is 1.06 bits per heavy atom. The summed E-state index contributed by atoms with van der Waals surface area (Å²) in [6, 6.07) is 22.7. The van der Waals surface area contributed by atoms with Crippen LogP contribution in [0.5, 0.6) is 5.75 Å². The summed E-state index contributed by atoms with van der Waals surface area (Å²) >= 11 is 0. The van der Waals surface area contributed by atoms with E-state index in [-0.39, 0.29) is 11.8 Å². The van der Waals surface area contributed by atoms with Crippen LogP contribution in [0.1, 0.15) is 35.6 Å². The molecule has 3 aromatic carbocycles. The highest BCUT2D eigenvalue weighted by Gasteiger charge is 2.23. The van der Waals surface area contributed by atoms with E-state index in [1.54, 1.807) is 7.11 Å². The Bertz CT molecular complexity index is 1110. The molecule has 1 atom stereocenters. The van der Waals surface area contributed by atoms with Crippen molar-refractivity contribution in [2.24, 2.45) is 0 Å². The van der Waals surface area contributed by atoms with E-state index in [4.69, 9.17) is 4.74 Å². The molecule has 0 spiro atoms. The van der Waals surface area contributed by atoms with Gasteiger partial charge in [-0.15, -0.1) is 0 Å². The highest BCUT2D eigenvalue weighted by molar-refractivity contribution is 5.97. The number of aryl methyl sites for hydroxylation is 1. The zero-order valence-electron chi connectivity index (χ0n) is 19.0. The zero-order valence-corrected chi connectivity index (χ0v) is 19.0. The molecular weight excluding hydrogens is 414 g/mol. The molecule has 1 aliphatic heterocycles. The van der Waals surface area contributed by atoms with E-state index in [0.717, 1.165) is 35.3 Å². The minimum atomic E-state index is -0.545. The molecule has 0 radical (unpaired) electrons. The number of nitrogens with zero attached hydrogens (tertiary/aromatic N) is 1. The quantitative estimate of drug-likeness (QED) is 0.534. The predicted octanol–water partition coefficient (Wildman–Crippen LogP) is 4.60. The standard InChI is InChI=1S/C27H29N3O3/c1-19-10-15-24(33-2)23(17-19)29-27(32)26(21-7-4-3-5-8-21)28-18-20-11-13-22(14-12-20)30-16-6-9-25(30)31/h3-5,7-8,10-15,17,26,28H,6,9,16,18H2,1-2H3,(H,29,32)/t26-/m0/s1. The van der Waals surface area contributed by atoms with Gasteiger partial charge in [0.1, 0.15) is 11.8 Å². The molecule has 2 N–H and O–H groups in total. The molecule has 170 valence electrons. The Kier molecular flexibility index (Phi) is 7.05. The molecule has 0 unspecified atom stereocenters. The van der Waals surface area contributed by atoms with E-state index >= 15 is 0 Å². The van der Waals surface area contributed by atoms with Crippen LogP contribution < -0.4 is 20.3 Å². The fraction of sp³-hybridized carbons (Fsp3) is 0.259. The van der Waals surface area contributed by atoms with Crippen molar-refractivity contribution in [2.75, 3.05) is 23.9 Å². The largest absolute Gasteiger partial charge is 0.495 e. The van der Waals surface area contributed by atoms with Crippen molar-refractivity contribution < 1.29 is 14.3 Å².